The van der Waals surface area contributed by atoms with Crippen molar-refractivity contribution in [2.45, 2.75) is 19.8 Å². The zero-order valence-electron chi connectivity index (χ0n) is 14.8. The summed E-state index contributed by atoms with van der Waals surface area (Å²) < 4.78 is 2.07. The van der Waals surface area contributed by atoms with Crippen molar-refractivity contribution in [3.8, 4) is 11.3 Å². The maximum Gasteiger partial charge on any atom is 0.224 e. The number of rotatable bonds is 5. The van der Waals surface area contributed by atoms with Crippen molar-refractivity contribution in [1.82, 2.24) is 9.38 Å². The number of nitrogens with one attached hydrogen (secondary N) is 1. The van der Waals surface area contributed by atoms with E-state index >= 15 is 0 Å². The molecule has 27 heavy (non-hydrogen) atoms. The summed E-state index contributed by atoms with van der Waals surface area (Å²) in [5.41, 5.74) is 4.95. The third-order valence-electron chi connectivity index (χ3n) is 4.45. The second-order valence-corrected chi connectivity index (χ2v) is 7.65. The number of aryl methyl sites for hydroxylation is 2. The van der Waals surface area contributed by atoms with Gasteiger partial charge in [0, 0.05) is 40.0 Å². The van der Waals surface area contributed by atoms with Gasteiger partial charge in [-0.1, -0.05) is 41.9 Å². The van der Waals surface area contributed by atoms with E-state index in [0.29, 0.717) is 17.9 Å². The zero-order chi connectivity index (χ0) is 18.8. The molecule has 6 heteroatoms. The van der Waals surface area contributed by atoms with Crippen molar-refractivity contribution in [3.63, 3.8) is 0 Å². The molecule has 0 aliphatic carbocycles. The molecule has 0 radical (unpaired) electrons. The van der Waals surface area contributed by atoms with Crippen LogP contribution in [-0.2, 0) is 11.2 Å². The van der Waals surface area contributed by atoms with Crippen LogP contribution in [0.4, 0.5) is 5.69 Å². The highest BCUT2D eigenvalue weighted by atomic mass is 35.5. The van der Waals surface area contributed by atoms with Gasteiger partial charge in [-0.05, 0) is 37.1 Å². The SMILES string of the molecule is Cc1ccccc1NC(=O)CCc1csc2nc(-c3ccc(Cl)cc3)cn12. The number of benzene rings is 2. The predicted octanol–water partition coefficient (Wildman–Crippen LogP) is 5.60. The van der Waals surface area contributed by atoms with E-state index in [1.807, 2.05) is 61.7 Å². The molecule has 0 atom stereocenters. The Bertz CT molecular complexity index is 1100. The summed E-state index contributed by atoms with van der Waals surface area (Å²) in [5.74, 6) is 0.0155. The molecular formula is C21H18ClN3OS. The van der Waals surface area contributed by atoms with Crippen LogP contribution < -0.4 is 5.32 Å². The number of thiazole rings is 1. The summed E-state index contributed by atoms with van der Waals surface area (Å²) in [4.78, 5) is 17.9. The summed E-state index contributed by atoms with van der Waals surface area (Å²) in [6, 6.07) is 15.4. The van der Waals surface area contributed by atoms with Gasteiger partial charge in [-0.3, -0.25) is 9.20 Å². The number of anilines is 1. The Morgan fingerprint density at radius 2 is 1.96 bits per heavy atom. The quantitative estimate of drug-likeness (QED) is 0.478. The maximum atomic E-state index is 12.3. The van der Waals surface area contributed by atoms with Crippen LogP contribution in [0.3, 0.4) is 0 Å². The average Bonchev–Trinajstić information content (AvgIpc) is 3.24. The van der Waals surface area contributed by atoms with Crippen molar-refractivity contribution in [2.24, 2.45) is 0 Å². The van der Waals surface area contributed by atoms with Gasteiger partial charge in [-0.25, -0.2) is 4.98 Å². The molecule has 1 amide bonds. The molecule has 0 aliphatic rings. The highest BCUT2D eigenvalue weighted by molar-refractivity contribution is 7.15. The van der Waals surface area contributed by atoms with Gasteiger partial charge >= 0.3 is 0 Å². The molecule has 0 saturated carbocycles. The monoisotopic (exact) mass is 395 g/mol. The van der Waals surface area contributed by atoms with Crippen LogP contribution in [-0.4, -0.2) is 15.3 Å². The second kappa shape index (κ2) is 7.55. The zero-order valence-corrected chi connectivity index (χ0v) is 16.3. The Morgan fingerprint density at radius 3 is 2.74 bits per heavy atom. The van der Waals surface area contributed by atoms with Crippen molar-refractivity contribution < 1.29 is 4.79 Å². The molecule has 0 saturated heterocycles. The Hall–Kier alpha value is -2.63. The number of hydrogen-bond acceptors (Lipinski definition) is 3. The van der Waals surface area contributed by atoms with Gasteiger partial charge in [0.15, 0.2) is 4.96 Å². The van der Waals surface area contributed by atoms with Crippen LogP contribution in [0, 0.1) is 6.92 Å². The lowest BCUT2D eigenvalue weighted by molar-refractivity contribution is -0.116. The van der Waals surface area contributed by atoms with Crippen molar-refractivity contribution >= 4 is 39.5 Å². The van der Waals surface area contributed by atoms with E-state index in [4.69, 9.17) is 11.6 Å². The Labute approximate surface area is 166 Å². The molecule has 136 valence electrons. The fourth-order valence-electron chi connectivity index (χ4n) is 2.94. The highest BCUT2D eigenvalue weighted by Gasteiger charge is 2.11. The maximum absolute atomic E-state index is 12.3. The van der Waals surface area contributed by atoms with Crippen molar-refractivity contribution in [3.05, 3.63) is 76.4 Å². The third-order valence-corrected chi connectivity index (χ3v) is 5.59. The molecular weight excluding hydrogens is 378 g/mol. The lowest BCUT2D eigenvalue weighted by Crippen LogP contribution is -2.13. The molecule has 0 bridgehead atoms. The molecule has 0 unspecified atom stereocenters. The smallest absolute Gasteiger partial charge is 0.224 e. The summed E-state index contributed by atoms with van der Waals surface area (Å²) in [5, 5.41) is 5.76. The number of carbonyl (C=O) groups excluding carboxylic acids is 1. The molecule has 0 aliphatic heterocycles. The highest BCUT2D eigenvalue weighted by Crippen LogP contribution is 2.25. The van der Waals surface area contributed by atoms with Gasteiger partial charge < -0.3 is 5.32 Å². The molecule has 2 aromatic heterocycles. The van der Waals surface area contributed by atoms with E-state index in [0.717, 1.165) is 33.2 Å². The van der Waals surface area contributed by atoms with Gasteiger partial charge in [0.05, 0.1) is 5.69 Å². The van der Waals surface area contributed by atoms with Crippen LogP contribution in [0.1, 0.15) is 17.7 Å². The van der Waals surface area contributed by atoms with Crippen molar-refractivity contribution in [2.75, 3.05) is 5.32 Å². The summed E-state index contributed by atoms with van der Waals surface area (Å²) in [6.45, 7) is 1.99. The first-order chi connectivity index (χ1) is 13.1. The molecule has 0 spiro atoms. The first-order valence-corrected chi connectivity index (χ1v) is 9.93. The number of hydrogen-bond donors (Lipinski definition) is 1. The normalized spacial score (nSPS) is 11.0. The standard InChI is InChI=1S/C21H18ClN3OS/c1-14-4-2-3-5-18(14)23-20(26)11-10-17-13-27-21-24-19(12-25(17)21)15-6-8-16(22)9-7-15/h2-9,12-13H,10-11H2,1H3,(H,23,26). The number of para-hydroxylation sites is 1. The molecule has 2 aromatic carbocycles. The van der Waals surface area contributed by atoms with E-state index in [-0.39, 0.29) is 5.91 Å². The minimum Gasteiger partial charge on any atom is -0.326 e. The molecule has 4 nitrogen and oxygen atoms in total. The topological polar surface area (TPSA) is 46.4 Å². The van der Waals surface area contributed by atoms with Gasteiger partial charge in [0.1, 0.15) is 0 Å². The van der Waals surface area contributed by atoms with Crippen molar-refractivity contribution in [1.29, 1.82) is 0 Å². The van der Waals surface area contributed by atoms with Crippen LogP contribution in [0.15, 0.2) is 60.1 Å². The number of imidazole rings is 1. The van der Waals surface area contributed by atoms with E-state index in [2.05, 4.69) is 20.1 Å². The van der Waals surface area contributed by atoms with E-state index in [1.54, 1.807) is 11.3 Å². The molecule has 4 aromatic rings. The van der Waals surface area contributed by atoms with Gasteiger partial charge in [-0.15, -0.1) is 11.3 Å². The fraction of sp³-hybridized carbons (Fsp3) is 0.143. The first-order valence-electron chi connectivity index (χ1n) is 8.67. The number of aromatic nitrogens is 2. The number of carbonyl (C=O) groups is 1. The molecule has 1 N–H and O–H groups in total. The fourth-order valence-corrected chi connectivity index (χ4v) is 3.97. The number of fused-ring (bicyclic) bond motifs is 1. The average molecular weight is 396 g/mol. The van der Waals surface area contributed by atoms with Crippen LogP contribution in [0.25, 0.3) is 16.2 Å². The van der Waals surface area contributed by atoms with E-state index in [1.165, 1.54) is 0 Å². The lowest BCUT2D eigenvalue weighted by Gasteiger charge is -2.07. The van der Waals surface area contributed by atoms with Gasteiger partial charge in [-0.2, -0.15) is 0 Å². The first kappa shape index (κ1) is 17.8. The summed E-state index contributed by atoms with van der Waals surface area (Å²) in [6.07, 6.45) is 3.10. The summed E-state index contributed by atoms with van der Waals surface area (Å²) >= 11 is 7.54. The predicted molar refractivity (Wildman–Crippen MR) is 112 cm³/mol. The van der Waals surface area contributed by atoms with Crippen LogP contribution in [0.5, 0.6) is 0 Å². The minimum atomic E-state index is 0.0155. The van der Waals surface area contributed by atoms with Gasteiger partial charge in [0.25, 0.3) is 0 Å². The van der Waals surface area contributed by atoms with Gasteiger partial charge in [0.2, 0.25) is 5.91 Å². The van der Waals surface area contributed by atoms with E-state index < -0.39 is 0 Å². The minimum absolute atomic E-state index is 0.0155. The molecule has 2 heterocycles. The number of amides is 1. The molecule has 0 fully saturated rings. The molecule has 4 rings (SSSR count). The van der Waals surface area contributed by atoms with E-state index in [9.17, 15) is 4.79 Å². The number of halogens is 1. The third kappa shape index (κ3) is 3.89. The lowest BCUT2D eigenvalue weighted by atomic mass is 10.2. The van der Waals surface area contributed by atoms with Crippen LogP contribution >= 0.6 is 22.9 Å². The summed E-state index contributed by atoms with van der Waals surface area (Å²) in [7, 11) is 0. The Kier molecular flexibility index (Phi) is 4.97. The Morgan fingerprint density at radius 1 is 1.19 bits per heavy atom. The largest absolute Gasteiger partial charge is 0.326 e. The number of nitrogens with zero attached hydrogens (tertiary/aromatic N) is 2. The second-order valence-electron chi connectivity index (χ2n) is 6.38. The van der Waals surface area contributed by atoms with Crippen LogP contribution in [0.2, 0.25) is 5.02 Å². The Balaban J connectivity index is 1.47.